The Kier molecular flexibility index (Phi) is 3.43. The van der Waals surface area contributed by atoms with E-state index in [9.17, 15) is 0 Å². The molecule has 0 unspecified atom stereocenters. The zero-order valence-electron chi connectivity index (χ0n) is 17.2. The van der Waals surface area contributed by atoms with Crippen LogP contribution in [0.1, 0.15) is 61.2 Å². The van der Waals surface area contributed by atoms with Crippen LogP contribution in [0, 0.1) is 0 Å². The topological polar surface area (TPSA) is 36.9 Å². The van der Waals surface area contributed by atoms with Crippen LogP contribution in [0.2, 0.25) is 0 Å². The van der Waals surface area contributed by atoms with E-state index < -0.39 is 5.79 Å². The van der Waals surface area contributed by atoms with Crippen LogP contribution < -0.4 is 9.47 Å². The van der Waals surface area contributed by atoms with E-state index in [-0.39, 0.29) is 12.2 Å². The summed E-state index contributed by atoms with van der Waals surface area (Å²) in [6, 6.07) is 8.62. The fourth-order valence-corrected chi connectivity index (χ4v) is 5.38. The van der Waals surface area contributed by atoms with E-state index in [1.807, 2.05) is 19.9 Å². The second-order valence-electron chi connectivity index (χ2n) is 8.59. The van der Waals surface area contributed by atoms with Crippen LogP contribution in [-0.2, 0) is 9.47 Å². The van der Waals surface area contributed by atoms with Gasteiger partial charge in [-0.2, -0.15) is 0 Å². The Morgan fingerprint density at radius 1 is 0.931 bits per heavy atom. The summed E-state index contributed by atoms with van der Waals surface area (Å²) in [7, 11) is 3.34. The zero-order chi connectivity index (χ0) is 19.9. The highest BCUT2D eigenvalue weighted by Gasteiger charge is 2.49. The normalized spacial score (nSPS) is 24.7. The van der Waals surface area contributed by atoms with Gasteiger partial charge in [-0.25, -0.2) is 0 Å². The minimum atomic E-state index is -0.648. The molecule has 148 valence electrons. The van der Waals surface area contributed by atoms with Crippen molar-refractivity contribution in [1.82, 2.24) is 0 Å². The number of hydrogen-bond donors (Lipinski definition) is 0. The molecule has 29 heavy (non-hydrogen) atoms. The number of fused-ring (bicyclic) bond motifs is 10. The van der Waals surface area contributed by atoms with E-state index >= 15 is 0 Å². The lowest BCUT2D eigenvalue weighted by molar-refractivity contribution is -0.147. The maximum atomic E-state index is 6.47. The van der Waals surface area contributed by atoms with Gasteiger partial charge in [-0.15, -0.1) is 0 Å². The molecule has 1 saturated heterocycles. The largest absolute Gasteiger partial charge is 0.493 e. The molecule has 0 amide bonds. The van der Waals surface area contributed by atoms with Gasteiger partial charge >= 0.3 is 0 Å². The van der Waals surface area contributed by atoms with Crippen molar-refractivity contribution in [3.8, 4) is 22.6 Å². The van der Waals surface area contributed by atoms with Crippen molar-refractivity contribution in [3.63, 3.8) is 0 Å². The van der Waals surface area contributed by atoms with Crippen LogP contribution in [0.4, 0.5) is 0 Å². The number of ether oxygens (including phenoxy) is 4. The molecule has 4 nitrogen and oxygen atoms in total. The summed E-state index contributed by atoms with van der Waals surface area (Å²) in [6.45, 7) is 3.98. The predicted octanol–water partition coefficient (Wildman–Crippen LogP) is 5.82. The monoisotopic (exact) mass is 388 g/mol. The minimum Gasteiger partial charge on any atom is -0.493 e. The van der Waals surface area contributed by atoms with E-state index in [0.717, 1.165) is 29.7 Å². The molecule has 3 aliphatic carbocycles. The maximum Gasteiger partial charge on any atom is 0.164 e. The van der Waals surface area contributed by atoms with Crippen LogP contribution in [-0.4, -0.2) is 20.0 Å². The fourth-order valence-electron chi connectivity index (χ4n) is 5.38. The minimum absolute atomic E-state index is 0.142. The molecule has 2 aromatic carbocycles. The predicted molar refractivity (Wildman–Crippen MR) is 112 cm³/mol. The Bertz CT molecular complexity index is 1120. The second-order valence-corrected chi connectivity index (χ2v) is 8.59. The highest BCUT2D eigenvalue weighted by atomic mass is 16.8. The molecule has 0 spiro atoms. The summed E-state index contributed by atoms with van der Waals surface area (Å²) >= 11 is 0. The standard InChI is InChI=1S/C25H24O4/c1-25(2)28-23-19-12-21(27-4)20(26-3)11-17(19)16-9-8-15-14-7-5-6-13(14)10-18(15)22(16)24(23)29-25/h7-12,23-24H,5-6H2,1-4H3/t23-,24-/m1/s1. The van der Waals surface area contributed by atoms with E-state index in [2.05, 4.69) is 30.4 Å². The molecule has 1 aliphatic heterocycles. The SMILES string of the molecule is COc1cc2c(cc1OC)[C@H]1OC(C)(C)O[C@@H]1c1c-2ccc2c1C=C1CCC=C12. The molecule has 0 radical (unpaired) electrons. The van der Waals surface area contributed by atoms with Crippen molar-refractivity contribution in [2.75, 3.05) is 14.2 Å². The third-order valence-corrected chi connectivity index (χ3v) is 6.54. The van der Waals surface area contributed by atoms with Gasteiger partial charge in [-0.1, -0.05) is 24.3 Å². The number of hydrogen-bond acceptors (Lipinski definition) is 4. The third kappa shape index (κ3) is 2.27. The first-order valence-electron chi connectivity index (χ1n) is 10.2. The summed E-state index contributed by atoms with van der Waals surface area (Å²) in [5.74, 6) is 0.794. The van der Waals surface area contributed by atoms with Crippen molar-refractivity contribution in [3.05, 3.63) is 58.2 Å². The highest BCUT2D eigenvalue weighted by molar-refractivity contribution is 5.99. The van der Waals surface area contributed by atoms with Gasteiger partial charge in [0.2, 0.25) is 0 Å². The fraction of sp³-hybridized carbons (Fsp3) is 0.360. The molecule has 4 aliphatic rings. The quantitative estimate of drug-likeness (QED) is 0.649. The molecule has 0 aromatic heterocycles. The first-order chi connectivity index (χ1) is 14.0. The van der Waals surface area contributed by atoms with Gasteiger partial charge in [0.05, 0.1) is 14.2 Å². The maximum absolute atomic E-state index is 6.47. The Labute approximate surface area is 170 Å². The molecule has 1 heterocycles. The summed E-state index contributed by atoms with van der Waals surface area (Å²) in [4.78, 5) is 0. The van der Waals surface area contributed by atoms with Gasteiger partial charge in [0.1, 0.15) is 12.2 Å². The summed E-state index contributed by atoms with van der Waals surface area (Å²) in [5, 5.41) is 0. The second kappa shape index (κ2) is 5.74. The molecule has 2 atom stereocenters. The Hall–Kier alpha value is -2.56. The van der Waals surface area contributed by atoms with Crippen LogP contribution in [0.15, 0.2) is 35.9 Å². The van der Waals surface area contributed by atoms with Gasteiger partial charge in [0.25, 0.3) is 0 Å². The van der Waals surface area contributed by atoms with Crippen molar-refractivity contribution in [2.45, 2.75) is 44.7 Å². The van der Waals surface area contributed by atoms with Crippen LogP contribution in [0.25, 0.3) is 22.8 Å². The van der Waals surface area contributed by atoms with Crippen molar-refractivity contribution < 1.29 is 18.9 Å². The van der Waals surface area contributed by atoms with E-state index in [0.29, 0.717) is 5.75 Å². The van der Waals surface area contributed by atoms with E-state index in [1.165, 1.54) is 33.4 Å². The lowest BCUT2D eigenvalue weighted by Gasteiger charge is -2.31. The Morgan fingerprint density at radius 2 is 1.66 bits per heavy atom. The highest BCUT2D eigenvalue weighted by Crippen LogP contribution is 2.59. The Balaban J connectivity index is 1.65. The van der Waals surface area contributed by atoms with E-state index in [4.69, 9.17) is 18.9 Å². The Morgan fingerprint density at radius 3 is 2.45 bits per heavy atom. The molecular formula is C25H24O4. The average Bonchev–Trinajstić information content (AvgIpc) is 3.38. The third-order valence-electron chi connectivity index (χ3n) is 6.54. The summed E-state index contributed by atoms with van der Waals surface area (Å²) < 4.78 is 24.1. The number of benzene rings is 2. The van der Waals surface area contributed by atoms with Gasteiger partial charge < -0.3 is 18.9 Å². The number of allylic oxidation sites excluding steroid dienone is 3. The zero-order valence-corrected chi connectivity index (χ0v) is 17.2. The molecule has 0 saturated carbocycles. The molecular weight excluding hydrogens is 364 g/mol. The average molecular weight is 388 g/mol. The van der Waals surface area contributed by atoms with Gasteiger partial charge in [0, 0.05) is 0 Å². The smallest absolute Gasteiger partial charge is 0.164 e. The molecule has 1 fully saturated rings. The van der Waals surface area contributed by atoms with E-state index in [1.54, 1.807) is 14.2 Å². The first-order valence-corrected chi connectivity index (χ1v) is 10.2. The van der Waals surface area contributed by atoms with Crippen molar-refractivity contribution in [2.24, 2.45) is 0 Å². The van der Waals surface area contributed by atoms with Crippen molar-refractivity contribution in [1.29, 1.82) is 0 Å². The first kappa shape index (κ1) is 17.3. The van der Waals surface area contributed by atoms with Gasteiger partial charge in [-0.05, 0) is 83.3 Å². The lowest BCUT2D eigenvalue weighted by Crippen LogP contribution is -2.19. The van der Waals surface area contributed by atoms with Crippen LogP contribution in [0.5, 0.6) is 11.5 Å². The van der Waals surface area contributed by atoms with Crippen molar-refractivity contribution >= 4 is 11.6 Å². The van der Waals surface area contributed by atoms with Gasteiger partial charge in [-0.3, -0.25) is 0 Å². The summed E-state index contributed by atoms with van der Waals surface area (Å²) in [6.07, 6.45) is 6.67. The van der Waals surface area contributed by atoms with Crippen LogP contribution >= 0.6 is 0 Å². The molecule has 0 bridgehead atoms. The molecule has 4 heteroatoms. The molecule has 2 aromatic rings. The van der Waals surface area contributed by atoms with Gasteiger partial charge in [0.15, 0.2) is 17.3 Å². The van der Waals surface area contributed by atoms with Crippen LogP contribution in [0.3, 0.4) is 0 Å². The summed E-state index contributed by atoms with van der Waals surface area (Å²) in [5.41, 5.74) is 10.1. The number of methoxy groups -OCH3 is 2. The molecule has 0 N–H and O–H groups in total. The molecule has 6 rings (SSSR count). The number of rotatable bonds is 2. The lowest BCUT2D eigenvalue weighted by atomic mass is 9.78.